The Morgan fingerprint density at radius 1 is 1.07 bits per heavy atom. The van der Waals surface area contributed by atoms with E-state index in [-0.39, 0.29) is 16.7 Å². The molecule has 3 aromatic carbocycles. The molecule has 4 nitrogen and oxygen atoms in total. The number of benzene rings is 3. The second kappa shape index (κ2) is 14.0. The molecule has 0 aliphatic carbocycles. The van der Waals surface area contributed by atoms with Crippen LogP contribution in [0.2, 0.25) is 5.02 Å². The van der Waals surface area contributed by atoms with E-state index in [1.54, 1.807) is 6.92 Å². The van der Waals surface area contributed by atoms with Crippen LogP contribution in [0.4, 0.5) is 0 Å². The number of nitrogens with zero attached hydrogens (tertiary/aromatic N) is 1. The number of fused-ring (bicyclic) bond motifs is 1. The SMILES string of the molecule is CC(=O)S[C@H](CCc1ccccc1C(C)(C)OC1CCCCO1)c1cccc(/C=C/c2ccc3ccc(Cl)cc3n2)c1. The van der Waals surface area contributed by atoms with Crippen LogP contribution in [-0.4, -0.2) is 23.0 Å². The maximum atomic E-state index is 12.3. The van der Waals surface area contributed by atoms with Gasteiger partial charge in [-0.05, 0) is 92.5 Å². The zero-order valence-electron chi connectivity index (χ0n) is 24.5. The number of pyridine rings is 1. The van der Waals surface area contributed by atoms with E-state index in [0.717, 1.165) is 66.4 Å². The lowest BCUT2D eigenvalue weighted by atomic mass is 9.89. The largest absolute Gasteiger partial charge is 0.353 e. The average molecular weight is 600 g/mol. The van der Waals surface area contributed by atoms with Crippen molar-refractivity contribution in [2.24, 2.45) is 0 Å². The van der Waals surface area contributed by atoms with E-state index < -0.39 is 5.60 Å². The lowest BCUT2D eigenvalue weighted by molar-refractivity contribution is -0.219. The van der Waals surface area contributed by atoms with Gasteiger partial charge in [-0.25, -0.2) is 4.98 Å². The van der Waals surface area contributed by atoms with Crippen molar-refractivity contribution in [1.29, 1.82) is 0 Å². The van der Waals surface area contributed by atoms with Gasteiger partial charge in [-0.2, -0.15) is 0 Å². The fraction of sp³-hybridized carbons (Fsp3) is 0.333. The van der Waals surface area contributed by atoms with Crippen molar-refractivity contribution in [2.45, 2.75) is 70.0 Å². The first-order chi connectivity index (χ1) is 20.3. The van der Waals surface area contributed by atoms with Gasteiger partial charge in [-0.15, -0.1) is 0 Å². The summed E-state index contributed by atoms with van der Waals surface area (Å²) >= 11 is 7.57. The highest BCUT2D eigenvalue weighted by molar-refractivity contribution is 8.13. The van der Waals surface area contributed by atoms with Crippen molar-refractivity contribution in [3.8, 4) is 0 Å². The third-order valence-electron chi connectivity index (χ3n) is 7.62. The minimum absolute atomic E-state index is 0.0375. The second-order valence-corrected chi connectivity index (χ2v) is 13.1. The lowest BCUT2D eigenvalue weighted by Gasteiger charge is -2.34. The molecule has 42 heavy (non-hydrogen) atoms. The van der Waals surface area contributed by atoms with Crippen molar-refractivity contribution < 1.29 is 14.3 Å². The Morgan fingerprint density at radius 3 is 2.71 bits per heavy atom. The predicted molar refractivity (Wildman–Crippen MR) is 176 cm³/mol. The molecule has 1 aromatic heterocycles. The number of rotatable bonds is 10. The molecule has 6 heteroatoms. The molecule has 1 unspecified atom stereocenters. The highest BCUT2D eigenvalue weighted by Gasteiger charge is 2.29. The number of hydrogen-bond acceptors (Lipinski definition) is 5. The normalized spacial score (nSPS) is 16.6. The summed E-state index contributed by atoms with van der Waals surface area (Å²) in [5.74, 6) is 0. The molecule has 1 fully saturated rings. The van der Waals surface area contributed by atoms with Crippen LogP contribution in [0.15, 0.2) is 78.9 Å². The van der Waals surface area contributed by atoms with E-state index in [1.807, 2.05) is 30.3 Å². The minimum Gasteiger partial charge on any atom is -0.353 e. The van der Waals surface area contributed by atoms with Gasteiger partial charge >= 0.3 is 0 Å². The highest BCUT2D eigenvalue weighted by Crippen LogP contribution is 2.37. The molecule has 0 saturated carbocycles. The van der Waals surface area contributed by atoms with Gasteiger partial charge in [0.15, 0.2) is 11.4 Å². The monoisotopic (exact) mass is 599 g/mol. The molecule has 1 aliphatic heterocycles. The number of ether oxygens (including phenoxy) is 2. The number of carbonyl (C=O) groups is 1. The van der Waals surface area contributed by atoms with Crippen LogP contribution >= 0.6 is 23.4 Å². The summed E-state index contributed by atoms with van der Waals surface area (Å²) in [6.07, 6.45) is 8.74. The zero-order chi connectivity index (χ0) is 29.5. The average Bonchev–Trinajstić information content (AvgIpc) is 2.98. The zero-order valence-corrected chi connectivity index (χ0v) is 26.1. The molecule has 218 valence electrons. The first kappa shape index (κ1) is 30.5. The molecule has 1 saturated heterocycles. The van der Waals surface area contributed by atoms with E-state index in [4.69, 9.17) is 26.1 Å². The first-order valence-electron chi connectivity index (χ1n) is 14.7. The fourth-order valence-electron chi connectivity index (χ4n) is 5.55. The molecule has 0 N–H and O–H groups in total. The van der Waals surface area contributed by atoms with Crippen LogP contribution in [0.3, 0.4) is 0 Å². The number of carbonyl (C=O) groups excluding carboxylic acids is 1. The van der Waals surface area contributed by atoms with Gasteiger partial charge in [0.2, 0.25) is 0 Å². The van der Waals surface area contributed by atoms with Gasteiger partial charge in [0, 0.05) is 29.2 Å². The van der Waals surface area contributed by atoms with E-state index in [2.05, 4.69) is 74.5 Å². The second-order valence-electron chi connectivity index (χ2n) is 11.3. The topological polar surface area (TPSA) is 48.4 Å². The smallest absolute Gasteiger partial charge is 0.186 e. The Kier molecular flexibility index (Phi) is 10.2. The third-order valence-corrected chi connectivity index (χ3v) is 8.98. The van der Waals surface area contributed by atoms with Gasteiger partial charge in [0.1, 0.15) is 0 Å². The maximum absolute atomic E-state index is 12.3. The van der Waals surface area contributed by atoms with Gasteiger partial charge in [0.05, 0.1) is 16.8 Å². The Balaban J connectivity index is 1.32. The first-order valence-corrected chi connectivity index (χ1v) is 15.9. The number of aromatic nitrogens is 1. The quantitative estimate of drug-likeness (QED) is 0.181. The molecule has 1 aliphatic rings. The predicted octanol–water partition coefficient (Wildman–Crippen LogP) is 9.79. The molecule has 0 amide bonds. The molecule has 2 heterocycles. The molecule has 0 radical (unpaired) electrons. The van der Waals surface area contributed by atoms with Crippen molar-refractivity contribution in [3.05, 3.63) is 112 Å². The van der Waals surface area contributed by atoms with E-state index >= 15 is 0 Å². The molecular formula is C36H38ClNO3S. The molecule has 2 atom stereocenters. The maximum Gasteiger partial charge on any atom is 0.186 e. The number of aryl methyl sites for hydroxylation is 1. The van der Waals surface area contributed by atoms with Gasteiger partial charge in [0.25, 0.3) is 0 Å². The van der Waals surface area contributed by atoms with Crippen molar-refractivity contribution in [2.75, 3.05) is 6.61 Å². The van der Waals surface area contributed by atoms with Crippen LogP contribution in [0, 0.1) is 0 Å². The Morgan fingerprint density at radius 2 is 1.90 bits per heavy atom. The fourth-order valence-corrected chi connectivity index (χ4v) is 6.63. The summed E-state index contributed by atoms with van der Waals surface area (Å²) < 4.78 is 12.3. The number of hydrogen-bond donors (Lipinski definition) is 0. The van der Waals surface area contributed by atoms with E-state index in [1.165, 1.54) is 22.9 Å². The minimum atomic E-state index is -0.478. The molecule has 0 bridgehead atoms. The van der Waals surface area contributed by atoms with Gasteiger partial charge in [-0.3, -0.25) is 4.79 Å². The van der Waals surface area contributed by atoms with Crippen LogP contribution in [0.25, 0.3) is 23.1 Å². The van der Waals surface area contributed by atoms with Crippen molar-refractivity contribution >= 4 is 51.5 Å². The van der Waals surface area contributed by atoms with Crippen LogP contribution in [0.1, 0.15) is 79.7 Å². The molecule has 5 rings (SSSR count). The van der Waals surface area contributed by atoms with Crippen molar-refractivity contribution in [1.82, 2.24) is 4.98 Å². The molecule has 4 aromatic rings. The summed E-state index contributed by atoms with van der Waals surface area (Å²) in [5.41, 5.74) is 5.88. The van der Waals surface area contributed by atoms with Gasteiger partial charge in [-0.1, -0.05) is 90.1 Å². The van der Waals surface area contributed by atoms with Crippen LogP contribution in [0.5, 0.6) is 0 Å². The van der Waals surface area contributed by atoms with Crippen LogP contribution in [-0.2, 0) is 26.3 Å². The summed E-state index contributed by atoms with van der Waals surface area (Å²) in [5, 5.41) is 1.89. The number of halogens is 1. The summed E-state index contributed by atoms with van der Waals surface area (Å²) in [4.78, 5) is 17.0. The Hall–Kier alpha value is -2.96. The van der Waals surface area contributed by atoms with Gasteiger partial charge < -0.3 is 9.47 Å². The third kappa shape index (κ3) is 8.11. The summed E-state index contributed by atoms with van der Waals surface area (Å²) in [6, 6.07) is 26.7. The summed E-state index contributed by atoms with van der Waals surface area (Å²) in [7, 11) is 0. The van der Waals surface area contributed by atoms with E-state index in [0.29, 0.717) is 5.02 Å². The summed E-state index contributed by atoms with van der Waals surface area (Å²) in [6.45, 7) is 6.66. The lowest BCUT2D eigenvalue weighted by Crippen LogP contribution is -2.33. The van der Waals surface area contributed by atoms with Crippen molar-refractivity contribution in [3.63, 3.8) is 0 Å². The standard InChI is InChI=1S/C36H38ClNO3S/c1-25(39)42-34(21-17-27-10-4-5-12-32(27)36(2,3)41-35-13-6-7-22-40-35)29-11-8-9-26(23-29)14-19-31-20-16-28-15-18-30(37)24-33(28)38-31/h4-5,8-12,14-16,18-20,23-24,34-35H,6-7,13,17,21-22H2,1-3H3/b19-14+/t34-,35?/m1/s1. The van der Waals surface area contributed by atoms with Crippen LogP contribution < -0.4 is 0 Å². The number of thioether (sulfide) groups is 1. The Bertz CT molecular complexity index is 1560. The molecule has 0 spiro atoms. The Labute approximate surface area is 258 Å². The highest BCUT2D eigenvalue weighted by atomic mass is 35.5. The van der Waals surface area contributed by atoms with E-state index in [9.17, 15) is 4.79 Å². The molecular weight excluding hydrogens is 562 g/mol.